The SMILES string of the molecule is CCOC(=O)C/C=C(\OP(=O)(Oc1ccccc1)Oc1ccccc1)c1ccc([N+](=O)[O-])cc1. The lowest BCUT2D eigenvalue weighted by Gasteiger charge is -2.21. The summed E-state index contributed by atoms with van der Waals surface area (Å²) in [5, 5.41) is 11.0. The summed E-state index contributed by atoms with van der Waals surface area (Å²) in [6, 6.07) is 22.0. The number of non-ortho nitro benzene ring substituents is 1. The molecule has 9 nitrogen and oxygen atoms in total. The number of esters is 1. The highest BCUT2D eigenvalue weighted by Crippen LogP contribution is 2.52. The molecule has 0 saturated carbocycles. The van der Waals surface area contributed by atoms with Crippen LogP contribution in [0.5, 0.6) is 11.5 Å². The predicted molar refractivity (Wildman–Crippen MR) is 125 cm³/mol. The number of nitro groups is 1. The molecule has 0 aliphatic heterocycles. The number of phosphoric ester groups is 1. The number of hydrogen-bond donors (Lipinski definition) is 0. The predicted octanol–water partition coefficient (Wildman–Crippen LogP) is 6.17. The molecule has 0 heterocycles. The number of ether oxygens (including phenoxy) is 1. The smallest absolute Gasteiger partial charge is 0.466 e. The van der Waals surface area contributed by atoms with Crippen molar-refractivity contribution in [1.29, 1.82) is 0 Å². The highest BCUT2D eigenvalue weighted by atomic mass is 31.2. The van der Waals surface area contributed by atoms with Gasteiger partial charge in [-0.3, -0.25) is 14.9 Å². The van der Waals surface area contributed by atoms with Gasteiger partial charge < -0.3 is 18.3 Å². The number of para-hydroxylation sites is 2. The van der Waals surface area contributed by atoms with E-state index in [9.17, 15) is 19.5 Å². The summed E-state index contributed by atoms with van der Waals surface area (Å²) in [6.07, 6.45) is 1.16. The van der Waals surface area contributed by atoms with Crippen molar-refractivity contribution in [1.82, 2.24) is 0 Å². The molecule has 0 atom stereocenters. The van der Waals surface area contributed by atoms with E-state index in [0.717, 1.165) is 0 Å². The Morgan fingerprint density at radius 1 is 0.912 bits per heavy atom. The highest BCUT2D eigenvalue weighted by Gasteiger charge is 2.34. The Morgan fingerprint density at radius 3 is 1.91 bits per heavy atom. The lowest BCUT2D eigenvalue weighted by atomic mass is 10.1. The molecule has 0 radical (unpaired) electrons. The number of benzene rings is 3. The minimum Gasteiger partial charge on any atom is -0.466 e. The molecule has 0 aromatic heterocycles. The maximum atomic E-state index is 13.7. The third kappa shape index (κ3) is 7.21. The van der Waals surface area contributed by atoms with Gasteiger partial charge in [-0.2, -0.15) is 4.57 Å². The van der Waals surface area contributed by atoms with Gasteiger partial charge in [-0.1, -0.05) is 36.4 Å². The van der Waals surface area contributed by atoms with Crippen LogP contribution in [-0.2, 0) is 18.6 Å². The van der Waals surface area contributed by atoms with E-state index in [-0.39, 0.29) is 36.0 Å². The standard InChI is InChI=1S/C24H22NO8P/c1-2-30-24(26)18-17-23(19-13-15-20(16-14-19)25(27)28)33-34(29,31-21-9-5-3-6-10-21)32-22-11-7-4-8-12-22/h3-17H,2,18H2,1H3/b23-17-. The molecular weight excluding hydrogens is 461 g/mol. The van der Waals surface area contributed by atoms with Gasteiger partial charge in [0.1, 0.15) is 17.3 Å². The molecule has 0 saturated heterocycles. The van der Waals surface area contributed by atoms with Gasteiger partial charge >= 0.3 is 13.8 Å². The lowest BCUT2D eigenvalue weighted by molar-refractivity contribution is -0.384. The average Bonchev–Trinajstić information content (AvgIpc) is 2.83. The Bertz CT molecular complexity index is 1140. The minimum atomic E-state index is -4.35. The average molecular weight is 483 g/mol. The summed E-state index contributed by atoms with van der Waals surface area (Å²) in [6.45, 7) is 1.86. The van der Waals surface area contributed by atoms with Crippen molar-refractivity contribution in [2.45, 2.75) is 13.3 Å². The van der Waals surface area contributed by atoms with E-state index in [2.05, 4.69) is 0 Å². The maximum absolute atomic E-state index is 13.7. The number of hydrogen-bond acceptors (Lipinski definition) is 8. The minimum absolute atomic E-state index is 0.0295. The van der Waals surface area contributed by atoms with E-state index in [4.69, 9.17) is 18.3 Å². The van der Waals surface area contributed by atoms with E-state index in [1.807, 2.05) is 0 Å². The largest absolute Gasteiger partial charge is 0.647 e. The molecular formula is C24H22NO8P. The fourth-order valence-electron chi connectivity index (χ4n) is 2.75. The van der Waals surface area contributed by atoms with Crippen LogP contribution in [0.25, 0.3) is 5.76 Å². The fraction of sp³-hybridized carbons (Fsp3) is 0.125. The zero-order valence-corrected chi connectivity index (χ0v) is 19.1. The first kappa shape index (κ1) is 24.5. The van der Waals surface area contributed by atoms with Gasteiger partial charge in [0, 0.05) is 17.7 Å². The van der Waals surface area contributed by atoms with Crippen molar-refractivity contribution in [2.75, 3.05) is 6.61 Å². The van der Waals surface area contributed by atoms with Crippen LogP contribution in [0, 0.1) is 10.1 Å². The number of rotatable bonds is 11. The summed E-state index contributed by atoms with van der Waals surface area (Å²) >= 11 is 0. The molecule has 3 rings (SSSR count). The maximum Gasteiger partial charge on any atom is 0.647 e. The van der Waals surface area contributed by atoms with Gasteiger partial charge in [0.05, 0.1) is 18.0 Å². The first-order valence-electron chi connectivity index (χ1n) is 10.3. The van der Waals surface area contributed by atoms with Crippen LogP contribution >= 0.6 is 7.82 Å². The van der Waals surface area contributed by atoms with E-state index >= 15 is 0 Å². The van der Waals surface area contributed by atoms with Crippen molar-refractivity contribution in [3.05, 3.63) is 107 Å². The zero-order valence-electron chi connectivity index (χ0n) is 18.2. The molecule has 0 bridgehead atoms. The lowest BCUT2D eigenvalue weighted by Crippen LogP contribution is -2.06. The normalized spacial score (nSPS) is 11.4. The Hall–Kier alpha value is -4.10. The molecule has 0 aliphatic carbocycles. The van der Waals surface area contributed by atoms with Crippen LogP contribution < -0.4 is 9.05 Å². The molecule has 0 amide bonds. The zero-order chi connectivity index (χ0) is 24.4. The summed E-state index contributed by atoms with van der Waals surface area (Å²) in [5.74, 6) is -0.100. The Labute approximate surface area is 196 Å². The van der Waals surface area contributed by atoms with Crippen molar-refractivity contribution in [3.8, 4) is 11.5 Å². The van der Waals surface area contributed by atoms with Crippen molar-refractivity contribution in [3.63, 3.8) is 0 Å². The van der Waals surface area contributed by atoms with Crippen LogP contribution in [0.4, 0.5) is 5.69 Å². The molecule has 0 spiro atoms. The highest BCUT2D eigenvalue weighted by molar-refractivity contribution is 7.49. The summed E-state index contributed by atoms with van der Waals surface area (Å²) < 4.78 is 35.7. The van der Waals surface area contributed by atoms with Crippen LogP contribution in [0.3, 0.4) is 0 Å². The van der Waals surface area contributed by atoms with Gasteiger partial charge in [0.2, 0.25) is 0 Å². The number of carbonyl (C=O) groups is 1. The third-order valence-electron chi connectivity index (χ3n) is 4.25. The monoisotopic (exact) mass is 483 g/mol. The molecule has 0 fully saturated rings. The Morgan fingerprint density at radius 2 is 1.44 bits per heavy atom. The summed E-state index contributed by atoms with van der Waals surface area (Å²) in [7, 11) is -4.35. The Balaban J connectivity index is 1.97. The van der Waals surface area contributed by atoms with E-state index in [0.29, 0.717) is 5.56 Å². The van der Waals surface area contributed by atoms with E-state index < -0.39 is 18.7 Å². The Kier molecular flexibility index (Phi) is 8.43. The molecule has 0 aliphatic rings. The first-order chi connectivity index (χ1) is 16.4. The summed E-state index contributed by atoms with van der Waals surface area (Å²) in [5.41, 5.74) is 0.182. The van der Waals surface area contributed by atoms with Gasteiger partial charge in [-0.25, -0.2) is 0 Å². The number of carbonyl (C=O) groups excluding carboxylic acids is 1. The quantitative estimate of drug-likeness (QED) is 0.105. The molecule has 0 N–H and O–H groups in total. The second-order valence-electron chi connectivity index (χ2n) is 6.73. The molecule has 34 heavy (non-hydrogen) atoms. The van der Waals surface area contributed by atoms with Crippen LogP contribution in [-0.4, -0.2) is 17.5 Å². The van der Waals surface area contributed by atoms with Crippen LogP contribution in [0.2, 0.25) is 0 Å². The number of nitrogens with zero attached hydrogens (tertiary/aromatic N) is 1. The molecule has 0 unspecified atom stereocenters. The number of nitro benzene ring substituents is 1. The second kappa shape index (κ2) is 11.7. The van der Waals surface area contributed by atoms with E-state index in [1.165, 1.54) is 30.3 Å². The fourth-order valence-corrected chi connectivity index (χ4v) is 4.04. The van der Waals surface area contributed by atoms with Gasteiger partial charge in [0.25, 0.3) is 5.69 Å². The van der Waals surface area contributed by atoms with Gasteiger partial charge in [-0.15, -0.1) is 0 Å². The third-order valence-corrected chi connectivity index (χ3v) is 5.54. The molecule has 3 aromatic carbocycles. The molecule has 3 aromatic rings. The van der Waals surface area contributed by atoms with Gasteiger partial charge in [0.15, 0.2) is 0 Å². The van der Waals surface area contributed by atoms with Crippen molar-refractivity contribution in [2.24, 2.45) is 0 Å². The van der Waals surface area contributed by atoms with Crippen molar-refractivity contribution < 1.29 is 32.6 Å². The summed E-state index contributed by atoms with van der Waals surface area (Å²) in [4.78, 5) is 22.4. The van der Waals surface area contributed by atoms with Crippen LogP contribution in [0.15, 0.2) is 91.0 Å². The van der Waals surface area contributed by atoms with Crippen LogP contribution in [0.1, 0.15) is 18.9 Å². The molecule has 176 valence electrons. The first-order valence-corrected chi connectivity index (χ1v) is 11.7. The molecule has 10 heteroatoms. The number of phosphoric acid groups is 1. The van der Waals surface area contributed by atoms with E-state index in [1.54, 1.807) is 67.6 Å². The van der Waals surface area contributed by atoms with Crippen molar-refractivity contribution >= 4 is 25.2 Å². The van der Waals surface area contributed by atoms with Gasteiger partial charge in [-0.05, 0) is 49.4 Å². The second-order valence-corrected chi connectivity index (χ2v) is 8.17. The topological polar surface area (TPSA) is 114 Å².